The molecule has 1 heterocycles. The Morgan fingerprint density at radius 1 is 1.44 bits per heavy atom. The maximum Gasteiger partial charge on any atom is 0.237 e. The molecule has 5 heteroatoms. The molecule has 3 N–H and O–H groups in total. The van der Waals surface area contributed by atoms with Crippen LogP contribution in [0.15, 0.2) is 0 Å². The molecule has 2 rings (SSSR count). The van der Waals surface area contributed by atoms with Crippen molar-refractivity contribution >= 4 is 11.8 Å². The zero-order chi connectivity index (χ0) is 13.3. The monoisotopic (exact) mass is 253 g/mol. The Bertz CT molecular complexity index is 348. The number of nitrogens with one attached hydrogen (secondary N) is 1. The van der Waals surface area contributed by atoms with Gasteiger partial charge in [0.25, 0.3) is 0 Å². The molecule has 1 aliphatic carbocycles. The van der Waals surface area contributed by atoms with Crippen molar-refractivity contribution in [1.29, 1.82) is 0 Å². The molecular weight excluding hydrogens is 230 g/mol. The molecule has 2 amide bonds. The molecule has 2 aliphatic rings. The average molecular weight is 253 g/mol. The van der Waals surface area contributed by atoms with Crippen LogP contribution in [0, 0.1) is 11.3 Å². The molecule has 1 aliphatic heterocycles. The van der Waals surface area contributed by atoms with E-state index >= 15 is 0 Å². The van der Waals surface area contributed by atoms with Gasteiger partial charge >= 0.3 is 0 Å². The standard InChI is InChI=1S/C13H23N3O2/c1-13(2)6-10(13)12(18)16(8-11(14)17)9-4-3-5-15-7-9/h9-10,15H,3-8H2,1-2H3,(H2,14,17). The Morgan fingerprint density at radius 2 is 2.11 bits per heavy atom. The largest absolute Gasteiger partial charge is 0.368 e. The second-order valence-corrected chi connectivity index (χ2v) is 6.18. The van der Waals surface area contributed by atoms with Crippen molar-refractivity contribution < 1.29 is 9.59 Å². The first kappa shape index (κ1) is 13.3. The van der Waals surface area contributed by atoms with Gasteiger partial charge in [0, 0.05) is 18.5 Å². The molecule has 2 fully saturated rings. The van der Waals surface area contributed by atoms with Crippen LogP contribution in [0.1, 0.15) is 33.1 Å². The Balaban J connectivity index is 2.04. The molecule has 18 heavy (non-hydrogen) atoms. The molecule has 0 bridgehead atoms. The van der Waals surface area contributed by atoms with Gasteiger partial charge < -0.3 is 16.0 Å². The fourth-order valence-electron chi connectivity index (χ4n) is 2.74. The van der Waals surface area contributed by atoms with Crippen molar-refractivity contribution in [3.8, 4) is 0 Å². The molecule has 1 saturated heterocycles. The van der Waals surface area contributed by atoms with Crippen LogP contribution in [0.5, 0.6) is 0 Å². The third-order valence-electron chi connectivity index (χ3n) is 4.13. The van der Waals surface area contributed by atoms with E-state index in [0.717, 1.165) is 32.4 Å². The zero-order valence-electron chi connectivity index (χ0n) is 11.2. The lowest BCUT2D eigenvalue weighted by atomic mass is 10.0. The van der Waals surface area contributed by atoms with Gasteiger partial charge in [-0.2, -0.15) is 0 Å². The molecular formula is C13H23N3O2. The van der Waals surface area contributed by atoms with E-state index < -0.39 is 5.91 Å². The van der Waals surface area contributed by atoms with E-state index in [1.165, 1.54) is 0 Å². The van der Waals surface area contributed by atoms with Crippen molar-refractivity contribution in [2.75, 3.05) is 19.6 Å². The second-order valence-electron chi connectivity index (χ2n) is 6.18. The smallest absolute Gasteiger partial charge is 0.237 e. The number of carbonyl (C=O) groups excluding carboxylic acids is 2. The number of piperidine rings is 1. The minimum atomic E-state index is -0.424. The molecule has 1 saturated carbocycles. The number of carbonyl (C=O) groups is 2. The maximum atomic E-state index is 12.4. The molecule has 0 aromatic carbocycles. The summed E-state index contributed by atoms with van der Waals surface area (Å²) in [4.78, 5) is 25.3. The number of rotatable bonds is 4. The van der Waals surface area contributed by atoms with E-state index in [0.29, 0.717) is 0 Å². The van der Waals surface area contributed by atoms with Gasteiger partial charge in [0.2, 0.25) is 11.8 Å². The lowest BCUT2D eigenvalue weighted by molar-refractivity contribution is -0.139. The number of amides is 2. The number of nitrogens with two attached hydrogens (primary N) is 1. The quantitative estimate of drug-likeness (QED) is 0.746. The van der Waals surface area contributed by atoms with Gasteiger partial charge in [-0.05, 0) is 31.2 Å². The number of nitrogens with zero attached hydrogens (tertiary/aromatic N) is 1. The summed E-state index contributed by atoms with van der Waals surface area (Å²) >= 11 is 0. The summed E-state index contributed by atoms with van der Waals surface area (Å²) in [7, 11) is 0. The summed E-state index contributed by atoms with van der Waals surface area (Å²) in [6.07, 6.45) is 2.92. The third kappa shape index (κ3) is 2.83. The van der Waals surface area contributed by atoms with Gasteiger partial charge in [0.15, 0.2) is 0 Å². The van der Waals surface area contributed by atoms with Crippen molar-refractivity contribution in [2.24, 2.45) is 17.1 Å². The van der Waals surface area contributed by atoms with Crippen LogP contribution < -0.4 is 11.1 Å². The normalized spacial score (nSPS) is 29.7. The summed E-state index contributed by atoms with van der Waals surface area (Å²) in [5, 5.41) is 3.28. The first-order chi connectivity index (χ1) is 8.42. The summed E-state index contributed by atoms with van der Waals surface area (Å²) in [5.74, 6) is -0.251. The van der Waals surface area contributed by atoms with Crippen molar-refractivity contribution in [1.82, 2.24) is 10.2 Å². The predicted molar refractivity (Wildman–Crippen MR) is 68.7 cm³/mol. The predicted octanol–water partition coefficient (Wildman–Crippen LogP) is 0.0984. The highest BCUT2D eigenvalue weighted by molar-refractivity contribution is 5.87. The summed E-state index contributed by atoms with van der Waals surface area (Å²) in [6.45, 7) is 6.00. The van der Waals surface area contributed by atoms with Gasteiger partial charge in [0.05, 0.1) is 6.54 Å². The van der Waals surface area contributed by atoms with Gasteiger partial charge in [-0.1, -0.05) is 13.8 Å². The molecule has 102 valence electrons. The fraction of sp³-hybridized carbons (Fsp3) is 0.846. The summed E-state index contributed by atoms with van der Waals surface area (Å²) in [5.41, 5.74) is 5.37. The lowest BCUT2D eigenvalue weighted by Crippen LogP contribution is -2.52. The van der Waals surface area contributed by atoms with Gasteiger partial charge in [-0.3, -0.25) is 9.59 Å². The maximum absolute atomic E-state index is 12.4. The van der Waals surface area contributed by atoms with Crippen molar-refractivity contribution in [3.63, 3.8) is 0 Å². The number of primary amides is 1. The van der Waals surface area contributed by atoms with Crippen LogP contribution in [0.4, 0.5) is 0 Å². The van der Waals surface area contributed by atoms with Crippen LogP contribution in [0.2, 0.25) is 0 Å². The Kier molecular flexibility index (Phi) is 3.61. The molecule has 0 spiro atoms. The van der Waals surface area contributed by atoms with E-state index in [4.69, 9.17) is 5.73 Å². The Hall–Kier alpha value is -1.10. The van der Waals surface area contributed by atoms with Gasteiger partial charge in [-0.15, -0.1) is 0 Å². The van der Waals surface area contributed by atoms with E-state index in [1.54, 1.807) is 4.90 Å². The third-order valence-corrected chi connectivity index (χ3v) is 4.13. The second kappa shape index (κ2) is 4.88. The van der Waals surface area contributed by atoms with E-state index in [-0.39, 0.29) is 29.8 Å². The summed E-state index contributed by atoms with van der Waals surface area (Å²) < 4.78 is 0. The minimum absolute atomic E-state index is 0.0533. The molecule has 5 nitrogen and oxygen atoms in total. The lowest BCUT2D eigenvalue weighted by Gasteiger charge is -2.34. The minimum Gasteiger partial charge on any atom is -0.368 e. The molecule has 2 unspecified atom stereocenters. The van der Waals surface area contributed by atoms with Crippen LogP contribution in [-0.2, 0) is 9.59 Å². The molecule has 0 radical (unpaired) electrons. The van der Waals surface area contributed by atoms with Crippen LogP contribution in [-0.4, -0.2) is 42.4 Å². The van der Waals surface area contributed by atoms with Crippen LogP contribution >= 0.6 is 0 Å². The van der Waals surface area contributed by atoms with E-state index in [1.807, 2.05) is 0 Å². The Morgan fingerprint density at radius 3 is 2.56 bits per heavy atom. The number of hydrogen-bond acceptors (Lipinski definition) is 3. The Labute approximate surface area is 108 Å². The SMILES string of the molecule is CC1(C)CC1C(=O)N(CC(N)=O)C1CCCNC1. The highest BCUT2D eigenvalue weighted by Crippen LogP contribution is 2.52. The van der Waals surface area contributed by atoms with Crippen molar-refractivity contribution in [3.05, 3.63) is 0 Å². The molecule has 0 aromatic rings. The number of hydrogen-bond donors (Lipinski definition) is 2. The van der Waals surface area contributed by atoms with Crippen molar-refractivity contribution in [2.45, 2.75) is 39.2 Å². The zero-order valence-corrected chi connectivity index (χ0v) is 11.2. The highest BCUT2D eigenvalue weighted by Gasteiger charge is 2.52. The molecule has 2 atom stereocenters. The highest BCUT2D eigenvalue weighted by atomic mass is 16.2. The first-order valence-electron chi connectivity index (χ1n) is 6.71. The molecule has 0 aromatic heterocycles. The van der Waals surface area contributed by atoms with Gasteiger partial charge in [0.1, 0.15) is 0 Å². The first-order valence-corrected chi connectivity index (χ1v) is 6.71. The van der Waals surface area contributed by atoms with Gasteiger partial charge in [-0.25, -0.2) is 0 Å². The van der Waals surface area contributed by atoms with Crippen LogP contribution in [0.3, 0.4) is 0 Å². The topological polar surface area (TPSA) is 75.4 Å². The van der Waals surface area contributed by atoms with E-state index in [2.05, 4.69) is 19.2 Å². The summed E-state index contributed by atoms with van der Waals surface area (Å²) in [6, 6.07) is 0.121. The van der Waals surface area contributed by atoms with Crippen LogP contribution in [0.25, 0.3) is 0 Å². The van der Waals surface area contributed by atoms with E-state index in [9.17, 15) is 9.59 Å². The average Bonchev–Trinajstić information content (AvgIpc) is 2.95. The fourth-order valence-corrected chi connectivity index (χ4v) is 2.74.